The van der Waals surface area contributed by atoms with E-state index in [0.717, 1.165) is 15.4 Å². The molecule has 2 aromatic heterocycles. The third-order valence-electron chi connectivity index (χ3n) is 3.34. The highest BCUT2D eigenvalue weighted by atomic mass is 79.9. The van der Waals surface area contributed by atoms with Crippen LogP contribution in [0.25, 0.3) is 10.9 Å². The molecule has 0 aliphatic rings. The van der Waals surface area contributed by atoms with E-state index in [2.05, 4.69) is 26.2 Å². The minimum atomic E-state index is -0.471. The van der Waals surface area contributed by atoms with E-state index in [1.807, 2.05) is 18.2 Å². The second kappa shape index (κ2) is 5.73. The summed E-state index contributed by atoms with van der Waals surface area (Å²) in [7, 11) is 1.65. The van der Waals surface area contributed by atoms with Crippen LogP contribution in [0.15, 0.2) is 57.9 Å². The quantitative estimate of drug-likeness (QED) is 0.766. The Hall–Kier alpha value is -2.47. The maximum atomic E-state index is 12.4. The highest BCUT2D eigenvalue weighted by molar-refractivity contribution is 9.10. The number of carbonyl (C=O) groups is 1. The first-order valence-corrected chi connectivity index (χ1v) is 7.37. The summed E-state index contributed by atoms with van der Waals surface area (Å²) in [6, 6.07) is 12.3. The second-order valence-electron chi connectivity index (χ2n) is 4.79. The van der Waals surface area contributed by atoms with Crippen molar-refractivity contribution in [3.63, 3.8) is 0 Å². The normalized spacial score (nSPS) is 10.6. The Kier molecular flexibility index (Phi) is 3.77. The predicted octanol–water partition coefficient (Wildman–Crippen LogP) is 2.95. The summed E-state index contributed by atoms with van der Waals surface area (Å²) in [6.45, 7) is 0. The van der Waals surface area contributed by atoms with Crippen LogP contribution in [0.1, 0.15) is 10.4 Å². The van der Waals surface area contributed by atoms with E-state index >= 15 is 0 Å². The van der Waals surface area contributed by atoms with Crippen molar-refractivity contribution < 1.29 is 4.79 Å². The van der Waals surface area contributed by atoms with E-state index in [-0.39, 0.29) is 11.1 Å². The van der Waals surface area contributed by atoms with Gasteiger partial charge in [-0.25, -0.2) is 4.98 Å². The van der Waals surface area contributed by atoms with Gasteiger partial charge in [-0.05, 0) is 36.4 Å². The van der Waals surface area contributed by atoms with Crippen LogP contribution in [0.4, 0.5) is 5.82 Å². The van der Waals surface area contributed by atoms with Crippen LogP contribution < -0.4 is 10.9 Å². The Balaban J connectivity index is 2.08. The minimum absolute atomic E-state index is 0.0822. The van der Waals surface area contributed by atoms with Gasteiger partial charge in [0.25, 0.3) is 11.5 Å². The minimum Gasteiger partial charge on any atom is -0.311 e. The molecule has 1 amide bonds. The highest BCUT2D eigenvalue weighted by Crippen LogP contribution is 2.19. The summed E-state index contributed by atoms with van der Waals surface area (Å²) in [5, 5.41) is 3.44. The Morgan fingerprint density at radius 1 is 1.23 bits per heavy atom. The average Bonchev–Trinajstić information content (AvgIpc) is 2.51. The molecule has 0 fully saturated rings. The lowest BCUT2D eigenvalue weighted by atomic mass is 10.1. The molecule has 5 nitrogen and oxygen atoms in total. The molecule has 0 bridgehead atoms. The lowest BCUT2D eigenvalue weighted by molar-refractivity contribution is 0.102. The number of benzene rings is 1. The van der Waals surface area contributed by atoms with Gasteiger partial charge in [0.2, 0.25) is 0 Å². The van der Waals surface area contributed by atoms with Crippen molar-refractivity contribution in [3.05, 3.63) is 69.1 Å². The number of amides is 1. The molecule has 2 heterocycles. The van der Waals surface area contributed by atoms with E-state index in [0.29, 0.717) is 5.82 Å². The monoisotopic (exact) mass is 357 g/mol. The summed E-state index contributed by atoms with van der Waals surface area (Å²) in [4.78, 5) is 28.7. The standard InChI is InChI=1S/C16H12BrN3O2/c1-20-13-6-5-11(17)8-10(13)9-12(16(20)22)15(21)19-14-4-2-3-7-18-14/h2-9H,1H3,(H,18,19,21). The van der Waals surface area contributed by atoms with Gasteiger partial charge in [0.05, 0.1) is 5.52 Å². The molecule has 0 aliphatic heterocycles. The summed E-state index contributed by atoms with van der Waals surface area (Å²) in [5.74, 6) is -0.0648. The Bertz CT molecular complexity index is 920. The molecule has 0 aliphatic carbocycles. The summed E-state index contributed by atoms with van der Waals surface area (Å²) in [5.41, 5.74) is 0.504. The van der Waals surface area contributed by atoms with Gasteiger partial charge in [0, 0.05) is 23.1 Å². The Labute approximate surface area is 134 Å². The van der Waals surface area contributed by atoms with Gasteiger partial charge in [-0.1, -0.05) is 22.0 Å². The first-order valence-electron chi connectivity index (χ1n) is 6.58. The molecule has 3 rings (SSSR count). The van der Waals surface area contributed by atoms with Crippen molar-refractivity contribution in [1.29, 1.82) is 0 Å². The number of fused-ring (bicyclic) bond motifs is 1. The smallest absolute Gasteiger partial charge is 0.263 e. The molecule has 0 spiro atoms. The van der Waals surface area contributed by atoms with Gasteiger partial charge in [-0.15, -0.1) is 0 Å². The number of pyridine rings is 2. The van der Waals surface area contributed by atoms with E-state index in [4.69, 9.17) is 0 Å². The maximum absolute atomic E-state index is 12.4. The van der Waals surface area contributed by atoms with E-state index in [9.17, 15) is 9.59 Å². The number of carbonyl (C=O) groups excluding carboxylic acids is 1. The fourth-order valence-corrected chi connectivity index (χ4v) is 2.62. The van der Waals surface area contributed by atoms with E-state index < -0.39 is 5.91 Å². The largest absolute Gasteiger partial charge is 0.311 e. The topological polar surface area (TPSA) is 64.0 Å². The van der Waals surface area contributed by atoms with Crippen molar-refractivity contribution in [1.82, 2.24) is 9.55 Å². The fourth-order valence-electron chi connectivity index (χ4n) is 2.24. The molecule has 0 atom stereocenters. The molecule has 6 heteroatoms. The van der Waals surface area contributed by atoms with E-state index in [1.165, 1.54) is 4.57 Å². The lowest BCUT2D eigenvalue weighted by Gasteiger charge is -2.09. The molecule has 1 N–H and O–H groups in total. The lowest BCUT2D eigenvalue weighted by Crippen LogP contribution is -2.28. The van der Waals surface area contributed by atoms with Crippen molar-refractivity contribution in [3.8, 4) is 0 Å². The first-order chi connectivity index (χ1) is 10.6. The van der Waals surface area contributed by atoms with Crippen molar-refractivity contribution in [2.45, 2.75) is 0 Å². The Morgan fingerprint density at radius 2 is 2.05 bits per heavy atom. The van der Waals surface area contributed by atoms with Crippen molar-refractivity contribution >= 4 is 38.6 Å². The Morgan fingerprint density at radius 3 is 2.77 bits per heavy atom. The fraction of sp³-hybridized carbons (Fsp3) is 0.0625. The van der Waals surface area contributed by atoms with Gasteiger partial charge in [-0.3, -0.25) is 9.59 Å². The van der Waals surface area contributed by atoms with Crippen LogP contribution in [0.2, 0.25) is 0 Å². The van der Waals surface area contributed by atoms with Gasteiger partial charge >= 0.3 is 0 Å². The van der Waals surface area contributed by atoms with Gasteiger partial charge in [0.15, 0.2) is 0 Å². The molecule has 3 aromatic rings. The zero-order valence-electron chi connectivity index (χ0n) is 11.7. The van der Waals surface area contributed by atoms with Crippen LogP contribution in [0, 0.1) is 0 Å². The van der Waals surface area contributed by atoms with Crippen LogP contribution >= 0.6 is 15.9 Å². The third-order valence-corrected chi connectivity index (χ3v) is 3.83. The molecular formula is C16H12BrN3O2. The number of hydrogen-bond acceptors (Lipinski definition) is 3. The number of hydrogen-bond donors (Lipinski definition) is 1. The average molecular weight is 358 g/mol. The van der Waals surface area contributed by atoms with Crippen molar-refractivity contribution in [2.75, 3.05) is 5.32 Å². The summed E-state index contributed by atoms with van der Waals surface area (Å²) >= 11 is 3.39. The number of anilines is 1. The zero-order valence-corrected chi connectivity index (χ0v) is 13.3. The highest BCUT2D eigenvalue weighted by Gasteiger charge is 2.14. The molecular weight excluding hydrogens is 346 g/mol. The predicted molar refractivity (Wildman–Crippen MR) is 89.1 cm³/mol. The second-order valence-corrected chi connectivity index (χ2v) is 5.71. The number of nitrogens with one attached hydrogen (secondary N) is 1. The third kappa shape index (κ3) is 2.65. The maximum Gasteiger partial charge on any atom is 0.263 e. The molecule has 0 unspecified atom stereocenters. The molecule has 0 saturated heterocycles. The number of rotatable bonds is 2. The van der Waals surface area contributed by atoms with Gasteiger partial charge < -0.3 is 9.88 Å². The number of nitrogens with zero attached hydrogens (tertiary/aromatic N) is 2. The van der Waals surface area contributed by atoms with Crippen LogP contribution in [0.3, 0.4) is 0 Å². The number of halogens is 1. The molecule has 110 valence electrons. The molecule has 1 aromatic carbocycles. The van der Waals surface area contributed by atoms with Gasteiger partial charge in [0.1, 0.15) is 11.4 Å². The molecule has 22 heavy (non-hydrogen) atoms. The van der Waals surface area contributed by atoms with Crippen molar-refractivity contribution in [2.24, 2.45) is 7.05 Å². The summed E-state index contributed by atoms with van der Waals surface area (Å²) < 4.78 is 2.35. The van der Waals surface area contributed by atoms with Crippen LogP contribution in [-0.4, -0.2) is 15.5 Å². The SMILES string of the molecule is Cn1c(=O)c(C(=O)Nc2ccccn2)cc2cc(Br)ccc21. The zero-order chi connectivity index (χ0) is 15.7. The van der Waals surface area contributed by atoms with Gasteiger partial charge in [-0.2, -0.15) is 0 Å². The van der Waals surface area contributed by atoms with E-state index in [1.54, 1.807) is 37.5 Å². The first kappa shape index (κ1) is 14.5. The number of aryl methyl sites for hydroxylation is 1. The molecule has 0 saturated carbocycles. The van der Waals surface area contributed by atoms with Crippen LogP contribution in [-0.2, 0) is 7.05 Å². The molecule has 0 radical (unpaired) electrons. The number of aromatic nitrogens is 2. The van der Waals surface area contributed by atoms with Crippen LogP contribution in [0.5, 0.6) is 0 Å². The summed E-state index contributed by atoms with van der Waals surface area (Å²) in [6.07, 6.45) is 1.57.